The first-order valence-electron chi connectivity index (χ1n) is 6.58. The molecule has 110 valence electrons. The summed E-state index contributed by atoms with van der Waals surface area (Å²) in [6, 6.07) is 5.18. The molecule has 0 spiro atoms. The van der Waals surface area contributed by atoms with Gasteiger partial charge in [0, 0.05) is 18.4 Å². The first-order valence-corrected chi connectivity index (χ1v) is 8.54. The molecule has 0 aromatic heterocycles. The number of nitrogens with one attached hydrogen (secondary N) is 1. The maximum Gasteiger partial charge on any atom is 0.224 e. The van der Waals surface area contributed by atoms with Crippen LogP contribution in [0.15, 0.2) is 18.2 Å². The number of aryl methyl sites for hydroxylation is 1. The summed E-state index contributed by atoms with van der Waals surface area (Å²) in [6.45, 7) is 1.49. The molecule has 0 fully saturated rings. The second-order valence-electron chi connectivity index (χ2n) is 5.30. The fourth-order valence-corrected chi connectivity index (χ4v) is 2.91. The maximum absolute atomic E-state index is 11.5. The van der Waals surface area contributed by atoms with E-state index in [1.165, 1.54) is 6.92 Å². The number of aliphatic hydroxyl groups excluding tert-OH is 1. The van der Waals surface area contributed by atoms with E-state index >= 15 is 0 Å². The normalized spacial score (nSPS) is 18.6. The van der Waals surface area contributed by atoms with Crippen LogP contribution in [-0.4, -0.2) is 30.9 Å². The highest BCUT2D eigenvalue weighted by Crippen LogP contribution is 2.28. The highest BCUT2D eigenvalue weighted by atomic mass is 32.2. The second kappa shape index (κ2) is 5.54. The number of sulfone groups is 1. The topological polar surface area (TPSA) is 83.5 Å². The Morgan fingerprint density at radius 2 is 2.00 bits per heavy atom. The van der Waals surface area contributed by atoms with Gasteiger partial charge in [-0.1, -0.05) is 12.1 Å². The molecule has 1 aliphatic heterocycles. The minimum Gasteiger partial charge on any atom is -0.387 e. The van der Waals surface area contributed by atoms with Gasteiger partial charge in [0.05, 0.1) is 11.4 Å². The van der Waals surface area contributed by atoms with E-state index in [2.05, 4.69) is 5.32 Å². The van der Waals surface area contributed by atoms with Gasteiger partial charge >= 0.3 is 0 Å². The number of aliphatic hydroxyl groups is 1. The number of anilines is 1. The fourth-order valence-electron chi connectivity index (χ4n) is 2.28. The Bertz CT molecular complexity index is 624. The maximum atomic E-state index is 11.5. The van der Waals surface area contributed by atoms with Crippen molar-refractivity contribution >= 4 is 21.4 Å². The van der Waals surface area contributed by atoms with Gasteiger partial charge in [0.15, 0.2) is 9.84 Å². The lowest BCUT2D eigenvalue weighted by Crippen LogP contribution is -2.24. The zero-order valence-electron chi connectivity index (χ0n) is 11.6. The third-order valence-electron chi connectivity index (χ3n) is 3.71. The van der Waals surface area contributed by atoms with Crippen LogP contribution in [0.5, 0.6) is 0 Å². The third-order valence-corrected chi connectivity index (χ3v) is 5.32. The summed E-state index contributed by atoms with van der Waals surface area (Å²) in [5, 5.41) is 12.1. The largest absolute Gasteiger partial charge is 0.387 e. The van der Waals surface area contributed by atoms with E-state index in [4.69, 9.17) is 0 Å². The summed E-state index contributed by atoms with van der Waals surface area (Å²) in [6.07, 6.45) is 2.02. The molecule has 1 aromatic carbocycles. The van der Waals surface area contributed by atoms with Gasteiger partial charge in [-0.2, -0.15) is 0 Å². The molecule has 0 bridgehead atoms. The summed E-state index contributed by atoms with van der Waals surface area (Å²) in [5.74, 6) is -0.0125. The van der Waals surface area contributed by atoms with E-state index in [0.29, 0.717) is 12.0 Å². The van der Waals surface area contributed by atoms with Gasteiger partial charge in [0.1, 0.15) is 0 Å². The third kappa shape index (κ3) is 3.19. The lowest BCUT2D eigenvalue weighted by atomic mass is 10.0. The van der Waals surface area contributed by atoms with Crippen LogP contribution in [0.1, 0.15) is 37.0 Å². The Kier molecular flexibility index (Phi) is 4.15. The van der Waals surface area contributed by atoms with Crippen LogP contribution in [0.2, 0.25) is 0 Å². The molecule has 1 aromatic rings. The standard InChI is InChI=1S/C14H19NO4S/c1-9(20(2,18)19)14(17)11-6-7-12-10(8-11)4-3-5-13(16)15-12/h6-9,14,17H,3-5H2,1-2H3,(H,15,16). The van der Waals surface area contributed by atoms with Gasteiger partial charge in [-0.05, 0) is 37.0 Å². The average molecular weight is 297 g/mol. The number of rotatable bonds is 3. The van der Waals surface area contributed by atoms with Crippen LogP contribution < -0.4 is 5.32 Å². The molecule has 2 unspecified atom stereocenters. The number of benzene rings is 1. The smallest absolute Gasteiger partial charge is 0.224 e. The number of hydrogen-bond donors (Lipinski definition) is 2. The van der Waals surface area contributed by atoms with Crippen LogP contribution in [0, 0.1) is 0 Å². The molecule has 2 rings (SSSR count). The molecule has 0 saturated carbocycles. The van der Waals surface area contributed by atoms with Crippen molar-refractivity contribution < 1.29 is 18.3 Å². The van der Waals surface area contributed by atoms with Gasteiger partial charge < -0.3 is 10.4 Å². The van der Waals surface area contributed by atoms with Crippen molar-refractivity contribution in [1.82, 2.24) is 0 Å². The van der Waals surface area contributed by atoms with Crippen molar-refractivity contribution in [3.8, 4) is 0 Å². The SMILES string of the molecule is CC(C(O)c1ccc2c(c1)CCCC(=O)N2)S(C)(=O)=O. The van der Waals surface area contributed by atoms with Gasteiger partial charge in [0.25, 0.3) is 0 Å². The minimum atomic E-state index is -3.31. The van der Waals surface area contributed by atoms with Gasteiger partial charge in [-0.15, -0.1) is 0 Å². The highest BCUT2D eigenvalue weighted by Gasteiger charge is 2.26. The van der Waals surface area contributed by atoms with Crippen molar-refractivity contribution in [3.63, 3.8) is 0 Å². The van der Waals surface area contributed by atoms with Crippen LogP contribution in [0.3, 0.4) is 0 Å². The summed E-state index contributed by atoms with van der Waals surface area (Å²) < 4.78 is 23.0. The molecule has 6 heteroatoms. The molecule has 0 saturated heterocycles. The molecule has 5 nitrogen and oxygen atoms in total. The number of hydrogen-bond acceptors (Lipinski definition) is 4. The van der Waals surface area contributed by atoms with Crippen molar-refractivity contribution in [2.24, 2.45) is 0 Å². The minimum absolute atomic E-state index is 0.0125. The van der Waals surface area contributed by atoms with E-state index in [1.54, 1.807) is 18.2 Å². The molecule has 2 N–H and O–H groups in total. The lowest BCUT2D eigenvalue weighted by molar-refractivity contribution is -0.116. The van der Waals surface area contributed by atoms with Crippen molar-refractivity contribution in [3.05, 3.63) is 29.3 Å². The van der Waals surface area contributed by atoms with Gasteiger partial charge in [-0.25, -0.2) is 8.42 Å². The van der Waals surface area contributed by atoms with Crippen molar-refractivity contribution in [2.75, 3.05) is 11.6 Å². The molecular weight excluding hydrogens is 278 g/mol. The lowest BCUT2D eigenvalue weighted by Gasteiger charge is -2.19. The Morgan fingerprint density at radius 3 is 2.65 bits per heavy atom. The predicted molar refractivity (Wildman–Crippen MR) is 77.3 cm³/mol. The fraction of sp³-hybridized carbons (Fsp3) is 0.500. The molecule has 0 aliphatic carbocycles. The molecular formula is C14H19NO4S. The first kappa shape index (κ1) is 15.0. The summed E-state index contributed by atoms with van der Waals surface area (Å²) >= 11 is 0. The zero-order chi connectivity index (χ0) is 14.9. The first-order chi connectivity index (χ1) is 9.29. The quantitative estimate of drug-likeness (QED) is 0.884. The monoisotopic (exact) mass is 297 g/mol. The van der Waals surface area contributed by atoms with E-state index in [1.807, 2.05) is 0 Å². The molecule has 1 amide bonds. The van der Waals surface area contributed by atoms with Crippen LogP contribution in [0.25, 0.3) is 0 Å². The number of amides is 1. The summed E-state index contributed by atoms with van der Waals surface area (Å²) in [4.78, 5) is 11.5. The van der Waals surface area contributed by atoms with E-state index in [0.717, 1.165) is 30.3 Å². The molecule has 2 atom stereocenters. The zero-order valence-corrected chi connectivity index (χ0v) is 12.4. The predicted octanol–water partition coefficient (Wildman–Crippen LogP) is 1.43. The van der Waals surface area contributed by atoms with Crippen LogP contribution in [0.4, 0.5) is 5.69 Å². The Labute approximate surface area is 118 Å². The van der Waals surface area contributed by atoms with E-state index in [9.17, 15) is 18.3 Å². The van der Waals surface area contributed by atoms with Crippen molar-refractivity contribution in [1.29, 1.82) is 0 Å². The molecule has 0 radical (unpaired) electrons. The summed E-state index contributed by atoms with van der Waals surface area (Å²) in [5.41, 5.74) is 2.25. The molecule has 1 heterocycles. The van der Waals surface area contributed by atoms with Crippen molar-refractivity contribution in [2.45, 2.75) is 37.5 Å². The number of fused-ring (bicyclic) bond motifs is 1. The highest BCUT2D eigenvalue weighted by molar-refractivity contribution is 7.91. The van der Waals surface area contributed by atoms with Crippen LogP contribution in [-0.2, 0) is 21.1 Å². The Hall–Kier alpha value is -1.40. The van der Waals surface area contributed by atoms with Gasteiger partial charge in [0.2, 0.25) is 5.91 Å². The van der Waals surface area contributed by atoms with Gasteiger partial charge in [-0.3, -0.25) is 4.79 Å². The molecule has 20 heavy (non-hydrogen) atoms. The molecule has 1 aliphatic rings. The Balaban J connectivity index is 2.31. The Morgan fingerprint density at radius 1 is 1.30 bits per heavy atom. The van der Waals surface area contributed by atoms with E-state index in [-0.39, 0.29) is 5.91 Å². The second-order valence-corrected chi connectivity index (χ2v) is 7.70. The number of carbonyl (C=O) groups excluding carboxylic acids is 1. The number of carbonyl (C=O) groups is 1. The van der Waals surface area contributed by atoms with Crippen LogP contribution >= 0.6 is 0 Å². The summed E-state index contributed by atoms with van der Waals surface area (Å²) in [7, 11) is -3.31. The van der Waals surface area contributed by atoms with E-state index < -0.39 is 21.2 Å². The average Bonchev–Trinajstić information content (AvgIpc) is 2.55.